The highest BCUT2D eigenvalue weighted by atomic mass is 16.8. The zero-order valence-corrected chi connectivity index (χ0v) is 15.6. The van der Waals surface area contributed by atoms with Gasteiger partial charge < -0.3 is 54.0 Å². The predicted octanol–water partition coefficient (Wildman–Crippen LogP) is -2.85. The van der Waals surface area contributed by atoms with Crippen LogP contribution in [0.2, 0.25) is 0 Å². The summed E-state index contributed by atoms with van der Waals surface area (Å²) < 4.78 is 32.2. The number of carboxylic acids is 1. The van der Waals surface area contributed by atoms with Crippen LogP contribution in [0.4, 0.5) is 0 Å². The van der Waals surface area contributed by atoms with Gasteiger partial charge in [-0.2, -0.15) is 0 Å². The highest BCUT2D eigenvalue weighted by Gasteiger charge is 2.56. The topological polar surface area (TPSA) is 174 Å². The Kier molecular flexibility index (Phi) is 6.27. The van der Waals surface area contributed by atoms with Crippen molar-refractivity contribution in [3.8, 4) is 0 Å². The van der Waals surface area contributed by atoms with Crippen molar-refractivity contribution < 1.29 is 58.7 Å². The maximum absolute atomic E-state index is 11.4. The third-order valence-corrected chi connectivity index (χ3v) is 5.25. The van der Waals surface area contributed by atoms with Crippen molar-refractivity contribution >= 4 is 5.97 Å². The van der Waals surface area contributed by atoms with E-state index >= 15 is 0 Å². The van der Waals surface area contributed by atoms with Gasteiger partial charge in [0.15, 0.2) is 12.6 Å². The van der Waals surface area contributed by atoms with Crippen molar-refractivity contribution in [1.82, 2.24) is 0 Å². The quantitative estimate of drug-likeness (QED) is 0.321. The Hall–Kier alpha value is -0.930. The summed E-state index contributed by atoms with van der Waals surface area (Å²) in [5, 5.41) is 49.9. The predicted molar refractivity (Wildman–Crippen MR) is 85.8 cm³/mol. The molecule has 0 spiro atoms. The average molecular weight is 410 g/mol. The molecule has 3 aliphatic heterocycles. The highest BCUT2D eigenvalue weighted by Crippen LogP contribution is 2.35. The molecule has 5 N–H and O–H groups in total. The van der Waals surface area contributed by atoms with Crippen LogP contribution in [0.15, 0.2) is 0 Å². The van der Waals surface area contributed by atoms with E-state index in [2.05, 4.69) is 0 Å². The maximum Gasteiger partial charge on any atom is 0.364 e. The summed E-state index contributed by atoms with van der Waals surface area (Å²) in [4.78, 5) is 11.4. The number of aliphatic hydroxyl groups excluding tert-OH is 4. The number of hydrogen-bond donors (Lipinski definition) is 5. The van der Waals surface area contributed by atoms with E-state index in [-0.39, 0.29) is 6.61 Å². The molecule has 12 heteroatoms. The summed E-state index contributed by atoms with van der Waals surface area (Å²) >= 11 is 0. The summed E-state index contributed by atoms with van der Waals surface area (Å²) in [5.74, 6) is -3.27. The lowest BCUT2D eigenvalue weighted by molar-refractivity contribution is -0.396. The third kappa shape index (κ3) is 3.77. The van der Waals surface area contributed by atoms with Gasteiger partial charge in [-0.25, -0.2) is 4.79 Å². The van der Waals surface area contributed by atoms with E-state index in [4.69, 9.17) is 28.4 Å². The number of hydrogen-bond acceptors (Lipinski definition) is 11. The van der Waals surface area contributed by atoms with Gasteiger partial charge in [-0.15, -0.1) is 0 Å². The number of aliphatic carboxylic acids is 1. The molecular formula is C16H26O12. The minimum atomic E-state index is -1.93. The molecule has 0 aliphatic carbocycles. The highest BCUT2D eigenvalue weighted by molar-refractivity contribution is 5.75. The van der Waals surface area contributed by atoms with Gasteiger partial charge in [-0.3, -0.25) is 0 Å². The molecule has 0 aromatic rings. The number of ether oxygens (including phenoxy) is 6. The van der Waals surface area contributed by atoms with Crippen LogP contribution >= 0.6 is 0 Å². The van der Waals surface area contributed by atoms with Crippen molar-refractivity contribution in [2.45, 2.75) is 81.0 Å². The lowest BCUT2D eigenvalue weighted by Gasteiger charge is -2.50. The largest absolute Gasteiger partial charge is 0.477 e. The first kappa shape index (κ1) is 21.8. The molecule has 0 aromatic carbocycles. The first-order chi connectivity index (χ1) is 13.1. The SMILES string of the molecule is CO[C@@H]1[C@@H](O)[C@H](O[C@@H]2[C@@H](O)[C@H](C)O[C@@H](O)[C@@H]2O)O[C@@H]2CO[C@@](C)(C(=O)O)O[C@@H]12. The van der Waals surface area contributed by atoms with Crippen LogP contribution in [0.5, 0.6) is 0 Å². The van der Waals surface area contributed by atoms with Crippen molar-refractivity contribution in [3.63, 3.8) is 0 Å². The molecule has 3 fully saturated rings. The molecule has 3 saturated heterocycles. The van der Waals surface area contributed by atoms with E-state index in [9.17, 15) is 30.3 Å². The Morgan fingerprint density at radius 3 is 2.36 bits per heavy atom. The van der Waals surface area contributed by atoms with Crippen molar-refractivity contribution in [3.05, 3.63) is 0 Å². The fourth-order valence-corrected chi connectivity index (χ4v) is 3.53. The lowest BCUT2D eigenvalue weighted by Crippen LogP contribution is -2.68. The average Bonchev–Trinajstić information content (AvgIpc) is 2.64. The van der Waals surface area contributed by atoms with Crippen LogP contribution in [-0.4, -0.2) is 112 Å². The molecule has 3 aliphatic rings. The number of carboxylic acid groups (broad SMARTS) is 1. The molecule has 0 radical (unpaired) electrons. The van der Waals surface area contributed by atoms with Gasteiger partial charge in [-0.05, 0) is 6.92 Å². The summed E-state index contributed by atoms with van der Waals surface area (Å²) in [5.41, 5.74) is 0. The maximum atomic E-state index is 11.4. The second kappa shape index (κ2) is 8.07. The Bertz CT molecular complexity index is 560. The lowest BCUT2D eigenvalue weighted by atomic mass is 9.96. The number of fused-ring (bicyclic) bond motifs is 1. The molecule has 0 saturated carbocycles. The third-order valence-electron chi connectivity index (χ3n) is 5.25. The van der Waals surface area contributed by atoms with E-state index in [1.807, 2.05) is 0 Å². The molecule has 12 nitrogen and oxygen atoms in total. The van der Waals surface area contributed by atoms with Gasteiger partial charge in [0.1, 0.15) is 42.7 Å². The monoisotopic (exact) mass is 410 g/mol. The molecule has 0 unspecified atom stereocenters. The number of carbonyl (C=O) groups is 1. The van der Waals surface area contributed by atoms with Gasteiger partial charge >= 0.3 is 5.97 Å². The molecular weight excluding hydrogens is 384 g/mol. The van der Waals surface area contributed by atoms with E-state index < -0.39 is 73.2 Å². The second-order valence-corrected chi connectivity index (χ2v) is 7.19. The summed E-state index contributed by atoms with van der Waals surface area (Å²) in [6.07, 6.45) is -12.3. The normalized spacial score (nSPS) is 52.1. The first-order valence-electron chi connectivity index (χ1n) is 8.85. The molecule has 3 heterocycles. The Morgan fingerprint density at radius 2 is 1.75 bits per heavy atom. The molecule has 0 amide bonds. The summed E-state index contributed by atoms with van der Waals surface area (Å²) in [6.45, 7) is 2.53. The smallest absolute Gasteiger partial charge is 0.364 e. The zero-order valence-electron chi connectivity index (χ0n) is 15.6. The van der Waals surface area contributed by atoms with Crippen molar-refractivity contribution in [1.29, 1.82) is 0 Å². The summed E-state index contributed by atoms with van der Waals surface area (Å²) in [7, 11) is 1.30. The van der Waals surface area contributed by atoms with Crippen LogP contribution in [0.1, 0.15) is 13.8 Å². The molecule has 28 heavy (non-hydrogen) atoms. The van der Waals surface area contributed by atoms with E-state index in [1.54, 1.807) is 0 Å². The van der Waals surface area contributed by atoms with E-state index in [0.29, 0.717) is 0 Å². The molecule has 0 bridgehead atoms. The minimum absolute atomic E-state index is 0.183. The molecule has 0 aromatic heterocycles. The standard InChI is InChI=1S/C16H26O12/c1-5-7(17)11(8(18)13(20)25-5)27-14-9(19)12(23-3)10-6(26-14)4-24-16(2,28-10)15(21)22/h5-14,17-20H,4H2,1-3H3,(H,21,22)/t5-,6+,7-,8+,9+,10+,11+,12+,13+,14-,16+/m0/s1. The number of aliphatic hydroxyl groups is 4. The second-order valence-electron chi connectivity index (χ2n) is 7.19. The van der Waals surface area contributed by atoms with E-state index in [1.165, 1.54) is 21.0 Å². The van der Waals surface area contributed by atoms with Crippen LogP contribution in [0.25, 0.3) is 0 Å². The molecule has 162 valence electrons. The fourth-order valence-electron chi connectivity index (χ4n) is 3.53. The number of methoxy groups -OCH3 is 1. The van der Waals surface area contributed by atoms with Gasteiger partial charge in [0, 0.05) is 14.0 Å². The van der Waals surface area contributed by atoms with Crippen LogP contribution in [0, 0.1) is 0 Å². The van der Waals surface area contributed by atoms with Gasteiger partial charge in [0.05, 0.1) is 12.7 Å². The summed E-state index contributed by atoms with van der Waals surface area (Å²) in [6, 6.07) is 0. The Morgan fingerprint density at radius 1 is 1.07 bits per heavy atom. The van der Waals surface area contributed by atoms with Crippen LogP contribution < -0.4 is 0 Å². The van der Waals surface area contributed by atoms with Gasteiger partial charge in [-0.1, -0.05) is 0 Å². The van der Waals surface area contributed by atoms with Crippen molar-refractivity contribution in [2.24, 2.45) is 0 Å². The van der Waals surface area contributed by atoms with Crippen molar-refractivity contribution in [2.75, 3.05) is 13.7 Å². The van der Waals surface area contributed by atoms with Gasteiger partial charge in [0.2, 0.25) is 0 Å². The fraction of sp³-hybridized carbons (Fsp3) is 0.938. The zero-order chi connectivity index (χ0) is 20.8. The Balaban J connectivity index is 1.76. The minimum Gasteiger partial charge on any atom is -0.477 e. The first-order valence-corrected chi connectivity index (χ1v) is 8.85. The van der Waals surface area contributed by atoms with Crippen LogP contribution in [0.3, 0.4) is 0 Å². The van der Waals surface area contributed by atoms with Crippen LogP contribution in [-0.2, 0) is 33.2 Å². The van der Waals surface area contributed by atoms with Gasteiger partial charge in [0.25, 0.3) is 5.79 Å². The Labute approximate surface area is 160 Å². The van der Waals surface area contributed by atoms with E-state index in [0.717, 1.165) is 0 Å². The number of rotatable bonds is 4. The molecule has 3 rings (SSSR count). The molecule has 11 atom stereocenters.